The molecule has 0 radical (unpaired) electrons. The van der Waals surface area contributed by atoms with Gasteiger partial charge < -0.3 is 4.72 Å². The first-order chi connectivity index (χ1) is 3.70. The van der Waals surface area contributed by atoms with E-state index < -0.39 is 0 Å². The maximum Gasteiger partial charge on any atom is 0.294 e. The van der Waals surface area contributed by atoms with Crippen molar-refractivity contribution in [3.8, 4) is 0 Å². The Morgan fingerprint density at radius 1 is 0.875 bits per heavy atom. The van der Waals surface area contributed by atoms with Crippen LogP contribution in [0.5, 0.6) is 0 Å². The molecule has 0 bridgehead atoms. The summed E-state index contributed by atoms with van der Waals surface area (Å²) in [6, 6.07) is 0. The lowest BCUT2D eigenvalue weighted by molar-refractivity contribution is 0.257. The minimum Gasteiger partial charge on any atom is -0.363 e. The molecule has 1 heterocycles. The van der Waals surface area contributed by atoms with Crippen molar-refractivity contribution in [1.82, 2.24) is 14.6 Å². The highest BCUT2D eigenvalue weighted by Crippen LogP contribution is 1.96. The maximum atomic E-state index is 2.25. The molecule has 0 aliphatic carbocycles. The van der Waals surface area contributed by atoms with Crippen LogP contribution in [0.4, 0.5) is 0 Å². The Hall–Kier alpha value is 0.00987. The molecular weight excluding hydrogens is 99.7 g/mol. The van der Waals surface area contributed by atoms with Crippen LogP contribution in [0.25, 0.3) is 0 Å². The van der Waals surface area contributed by atoms with Crippen LogP contribution in [0.3, 0.4) is 0 Å². The first-order valence-electron chi connectivity index (χ1n) is 2.81. The zero-order valence-electron chi connectivity index (χ0n) is 5.76. The summed E-state index contributed by atoms with van der Waals surface area (Å²) in [4.78, 5) is 4.36. The van der Waals surface area contributed by atoms with Gasteiger partial charge in [-0.25, -0.2) is 0 Å². The molecule has 0 aromatic carbocycles. The normalized spacial score (nSPS) is 25.4. The highest BCUT2D eigenvalue weighted by atomic mass is 15.6. The van der Waals surface area contributed by atoms with Gasteiger partial charge in [-0.05, 0) is 21.1 Å². The molecule has 0 atom stereocenters. The van der Waals surface area contributed by atoms with Gasteiger partial charge in [0, 0.05) is 0 Å². The third kappa shape index (κ3) is 1.05. The van der Waals surface area contributed by atoms with Crippen molar-refractivity contribution < 1.29 is 0 Å². The Morgan fingerprint density at radius 3 is 1.38 bits per heavy atom. The summed E-state index contributed by atoms with van der Waals surface area (Å²) in [6.07, 6.45) is 0. The van der Waals surface area contributed by atoms with Gasteiger partial charge in [0.05, 0.1) is 0 Å². The Bertz CT molecular complexity index is 78.6. The van der Waals surface area contributed by atoms with E-state index in [0.717, 1.165) is 15.1 Å². The van der Waals surface area contributed by atoms with Crippen LogP contribution in [0.2, 0.25) is 0 Å². The highest BCUT2D eigenvalue weighted by Gasteiger charge is 2.21. The van der Waals surface area contributed by atoms with E-state index in [1.54, 1.807) is 0 Å². The Balaban J connectivity index is 2.39. The smallest absolute Gasteiger partial charge is 0.294 e. The second kappa shape index (κ2) is 2.09. The molecule has 0 unspecified atom stereocenters. The first kappa shape index (κ1) is 6.13. The van der Waals surface area contributed by atoms with Crippen LogP contribution in [-0.2, 0) is 0 Å². The van der Waals surface area contributed by atoms with Gasteiger partial charge in [0.1, 0.15) is 0 Å². The fourth-order valence-electron chi connectivity index (χ4n) is 0.959. The third-order valence-corrected chi connectivity index (χ3v) is 1.48. The van der Waals surface area contributed by atoms with Crippen LogP contribution < -0.4 is 0 Å². The molecule has 1 rings (SSSR count). The number of hydrogen-bond acceptors (Lipinski definition) is 3. The quantitative estimate of drug-likeness (QED) is 0.343. The molecule has 1 aliphatic rings. The Labute approximate surface area is 51.8 Å². The summed E-state index contributed by atoms with van der Waals surface area (Å²) in [5, 5.41) is 0. The molecule has 44 valence electrons. The first-order valence-corrected chi connectivity index (χ1v) is 2.81. The molecule has 5 heteroatoms. The van der Waals surface area contributed by atoms with Crippen LogP contribution in [0, 0.1) is 0 Å². The maximum absolute atomic E-state index is 2.25. The molecule has 0 amide bonds. The lowest BCUT2D eigenvalue weighted by Gasteiger charge is -2.15. The summed E-state index contributed by atoms with van der Waals surface area (Å²) in [7, 11) is 8.39. The number of nitrogens with zero attached hydrogens (tertiary/aromatic N) is 3. The summed E-state index contributed by atoms with van der Waals surface area (Å²) in [5.74, 6) is 0. The highest BCUT2D eigenvalue weighted by molar-refractivity contribution is 6.51. The minimum absolute atomic E-state index is 1.05. The van der Waals surface area contributed by atoms with Crippen molar-refractivity contribution in [2.24, 2.45) is 0 Å². The fraction of sp³-hybridized carbons (Fsp3) is 1.00. The molecule has 0 N–H and O–H groups in total. The van der Waals surface area contributed by atoms with Gasteiger partial charge in [-0.3, -0.25) is 9.84 Å². The van der Waals surface area contributed by atoms with Gasteiger partial charge in [0.15, 0.2) is 0 Å². The number of rotatable bonds is 0. The van der Waals surface area contributed by atoms with Crippen LogP contribution in [-0.4, -0.2) is 50.8 Å². The van der Waals surface area contributed by atoms with Gasteiger partial charge in [0.25, 0.3) is 15.1 Å². The molecule has 1 aliphatic heterocycles. The van der Waals surface area contributed by atoms with E-state index in [1.165, 1.54) is 0 Å². The fourth-order valence-corrected chi connectivity index (χ4v) is 0.959. The molecule has 3 nitrogen and oxygen atoms in total. The van der Waals surface area contributed by atoms with Crippen LogP contribution in [0.1, 0.15) is 0 Å². The average Bonchev–Trinajstić information content (AvgIpc) is 1.85. The summed E-state index contributed by atoms with van der Waals surface area (Å²) in [6.45, 7) is 0. The van der Waals surface area contributed by atoms with Crippen molar-refractivity contribution in [1.29, 1.82) is 0 Å². The van der Waals surface area contributed by atoms with Gasteiger partial charge in [-0.2, -0.15) is 0 Å². The summed E-state index contributed by atoms with van der Waals surface area (Å²) < 4.78 is 2.25. The van der Waals surface area contributed by atoms with Crippen molar-refractivity contribution in [3.05, 3.63) is 0 Å². The molecule has 0 aromatic heterocycles. The van der Waals surface area contributed by atoms with Crippen LogP contribution in [0.15, 0.2) is 0 Å². The van der Waals surface area contributed by atoms with E-state index in [0.29, 0.717) is 0 Å². The van der Waals surface area contributed by atoms with E-state index >= 15 is 0 Å². The molecule has 1 fully saturated rings. The zero-order chi connectivity index (χ0) is 6.15. The van der Waals surface area contributed by atoms with Crippen molar-refractivity contribution >= 4 is 15.1 Å². The number of hydrogen-bond donors (Lipinski definition) is 0. The van der Waals surface area contributed by atoms with Crippen LogP contribution >= 0.6 is 0 Å². The molecule has 0 aromatic rings. The average molecular weight is 111 g/mol. The Morgan fingerprint density at radius 2 is 1.25 bits per heavy atom. The molecule has 1 saturated heterocycles. The molecular formula is C3H11B2N3. The minimum atomic E-state index is 1.05. The van der Waals surface area contributed by atoms with Crippen molar-refractivity contribution in [3.63, 3.8) is 0 Å². The van der Waals surface area contributed by atoms with Gasteiger partial charge >= 0.3 is 0 Å². The summed E-state index contributed by atoms with van der Waals surface area (Å²) >= 11 is 0. The number of hydrazine groups is 1. The van der Waals surface area contributed by atoms with E-state index in [1.807, 2.05) is 0 Å². The van der Waals surface area contributed by atoms with E-state index in [-0.39, 0.29) is 0 Å². The predicted octanol–water partition coefficient (Wildman–Crippen LogP) is -1.76. The van der Waals surface area contributed by atoms with E-state index in [4.69, 9.17) is 0 Å². The van der Waals surface area contributed by atoms with Crippen molar-refractivity contribution in [2.75, 3.05) is 21.1 Å². The van der Waals surface area contributed by atoms with E-state index in [9.17, 15) is 0 Å². The standard InChI is InChI=1S/C3H11B2N3/c1-6-4-7(2)8(3)5-6/h4-5H,1-3H3. The Kier molecular flexibility index (Phi) is 1.60. The predicted molar refractivity (Wildman–Crippen MR) is 37.6 cm³/mol. The molecule has 8 heavy (non-hydrogen) atoms. The monoisotopic (exact) mass is 111 g/mol. The second-order valence-corrected chi connectivity index (χ2v) is 2.45. The van der Waals surface area contributed by atoms with Gasteiger partial charge in [-0.1, -0.05) is 0 Å². The third-order valence-electron chi connectivity index (χ3n) is 1.48. The largest absolute Gasteiger partial charge is 0.363 e. The second-order valence-electron chi connectivity index (χ2n) is 2.45. The van der Waals surface area contributed by atoms with Gasteiger partial charge in [0.2, 0.25) is 0 Å². The van der Waals surface area contributed by atoms with Gasteiger partial charge in [-0.15, -0.1) is 0 Å². The SMILES string of the molecule is CN1BN(C)N(C)B1. The molecule has 0 saturated carbocycles. The van der Waals surface area contributed by atoms with Crippen molar-refractivity contribution in [2.45, 2.75) is 0 Å². The zero-order valence-corrected chi connectivity index (χ0v) is 5.76. The lowest BCUT2D eigenvalue weighted by atomic mass is 10.0. The lowest BCUT2D eigenvalue weighted by Crippen LogP contribution is -2.31. The topological polar surface area (TPSA) is 9.72 Å². The van der Waals surface area contributed by atoms with E-state index in [2.05, 4.69) is 35.7 Å². The molecule has 0 spiro atoms. The summed E-state index contributed by atoms with van der Waals surface area (Å²) in [5.41, 5.74) is 0.